The number of hydrogen-bond acceptors (Lipinski definition) is 4. The van der Waals surface area contributed by atoms with Gasteiger partial charge in [0.2, 0.25) is 5.91 Å². The highest BCUT2D eigenvalue weighted by atomic mass is 16.3. The van der Waals surface area contributed by atoms with Crippen LogP contribution >= 0.6 is 0 Å². The number of nitrogens with two attached hydrogens (primary N) is 1. The summed E-state index contributed by atoms with van der Waals surface area (Å²) in [5.74, 6) is 0.678. The van der Waals surface area contributed by atoms with Crippen LogP contribution in [0.3, 0.4) is 0 Å². The fourth-order valence-corrected chi connectivity index (χ4v) is 2.05. The van der Waals surface area contributed by atoms with Gasteiger partial charge < -0.3 is 15.5 Å². The summed E-state index contributed by atoms with van der Waals surface area (Å²) in [4.78, 5) is 16.0. The average molecular weight is 287 g/mol. The Kier molecular flexibility index (Phi) is 5.51. The van der Waals surface area contributed by atoms with Crippen LogP contribution in [0.25, 0.3) is 11.3 Å². The lowest BCUT2D eigenvalue weighted by Gasteiger charge is -2.05. The number of aromatic nitrogens is 1. The van der Waals surface area contributed by atoms with Crippen molar-refractivity contribution >= 4 is 11.6 Å². The number of rotatable bonds is 7. The average Bonchev–Trinajstić information content (AvgIpc) is 2.91. The minimum Gasteiger partial charge on any atom is -0.449 e. The topological polar surface area (TPSA) is 81.2 Å². The van der Waals surface area contributed by atoms with E-state index in [1.54, 1.807) is 6.26 Å². The second-order valence-corrected chi connectivity index (χ2v) is 4.98. The molecule has 0 spiro atoms. The Hall–Kier alpha value is -2.14. The number of benzene rings is 1. The molecule has 0 fully saturated rings. The van der Waals surface area contributed by atoms with E-state index in [4.69, 9.17) is 10.2 Å². The maximum atomic E-state index is 11.8. The number of hydrogen-bond donors (Lipinski definition) is 2. The minimum atomic E-state index is 0.0389. The number of nitrogens with zero attached hydrogens (tertiary/aromatic N) is 1. The quantitative estimate of drug-likeness (QED) is 0.767. The van der Waals surface area contributed by atoms with Crippen LogP contribution in [0.5, 0.6) is 0 Å². The second kappa shape index (κ2) is 7.59. The first kappa shape index (κ1) is 15.3. The molecule has 0 aliphatic carbocycles. The van der Waals surface area contributed by atoms with Crippen molar-refractivity contribution in [2.45, 2.75) is 32.6 Å². The monoisotopic (exact) mass is 287 g/mol. The molecule has 0 aliphatic heterocycles. The second-order valence-electron chi connectivity index (χ2n) is 4.98. The lowest BCUT2D eigenvalue weighted by atomic mass is 10.1. The zero-order valence-electron chi connectivity index (χ0n) is 12.3. The Labute approximate surface area is 124 Å². The third-order valence-electron chi connectivity index (χ3n) is 3.19. The van der Waals surface area contributed by atoms with Gasteiger partial charge in [-0.1, -0.05) is 18.6 Å². The van der Waals surface area contributed by atoms with Gasteiger partial charge in [-0.2, -0.15) is 0 Å². The lowest BCUT2D eigenvalue weighted by Crippen LogP contribution is -2.11. The van der Waals surface area contributed by atoms with Gasteiger partial charge in [-0.15, -0.1) is 0 Å². The molecule has 2 aromatic rings. The number of nitrogens with one attached hydrogen (secondary N) is 1. The van der Waals surface area contributed by atoms with Crippen LogP contribution in [0.2, 0.25) is 0 Å². The van der Waals surface area contributed by atoms with Gasteiger partial charge in [0.15, 0.2) is 5.89 Å². The predicted molar refractivity (Wildman–Crippen MR) is 82.8 cm³/mol. The molecule has 21 heavy (non-hydrogen) atoms. The van der Waals surface area contributed by atoms with Crippen molar-refractivity contribution in [2.75, 3.05) is 11.9 Å². The highest BCUT2D eigenvalue weighted by molar-refractivity contribution is 5.90. The summed E-state index contributed by atoms with van der Waals surface area (Å²) < 4.78 is 5.19. The number of anilines is 1. The molecule has 1 aromatic heterocycles. The highest BCUT2D eigenvalue weighted by Crippen LogP contribution is 2.20. The van der Waals surface area contributed by atoms with E-state index in [1.165, 1.54) is 0 Å². The molecule has 5 heteroatoms. The van der Waals surface area contributed by atoms with Crippen molar-refractivity contribution < 1.29 is 9.21 Å². The maximum Gasteiger partial charge on any atom is 0.224 e. The van der Waals surface area contributed by atoms with Crippen molar-refractivity contribution in [2.24, 2.45) is 5.73 Å². The van der Waals surface area contributed by atoms with Gasteiger partial charge in [-0.3, -0.25) is 4.79 Å². The van der Waals surface area contributed by atoms with E-state index in [-0.39, 0.29) is 5.91 Å². The van der Waals surface area contributed by atoms with Crippen LogP contribution < -0.4 is 11.1 Å². The number of amides is 1. The van der Waals surface area contributed by atoms with E-state index in [2.05, 4.69) is 10.3 Å². The van der Waals surface area contributed by atoms with Gasteiger partial charge in [0.05, 0.1) is 0 Å². The summed E-state index contributed by atoms with van der Waals surface area (Å²) in [7, 11) is 0. The Morgan fingerprint density at radius 3 is 2.62 bits per heavy atom. The van der Waals surface area contributed by atoms with Crippen LogP contribution in [0.15, 0.2) is 34.9 Å². The molecule has 2 rings (SSSR count). The van der Waals surface area contributed by atoms with Gasteiger partial charge in [0, 0.05) is 24.6 Å². The summed E-state index contributed by atoms with van der Waals surface area (Å²) in [6.07, 6.45) is 5.00. The summed E-state index contributed by atoms with van der Waals surface area (Å²) in [6.45, 7) is 2.49. The first-order valence-electron chi connectivity index (χ1n) is 7.21. The van der Waals surface area contributed by atoms with E-state index in [0.717, 1.165) is 36.2 Å². The summed E-state index contributed by atoms with van der Waals surface area (Å²) in [5.41, 5.74) is 7.98. The number of unbranched alkanes of at least 4 members (excludes halogenated alkanes) is 2. The summed E-state index contributed by atoms with van der Waals surface area (Å²) in [5, 5.41) is 2.89. The van der Waals surface area contributed by atoms with Crippen LogP contribution in [-0.2, 0) is 4.79 Å². The van der Waals surface area contributed by atoms with Gasteiger partial charge in [0.25, 0.3) is 0 Å². The number of carbonyl (C=O) groups excluding carboxylic acids is 1. The molecular formula is C16H21N3O2. The Bertz CT molecular complexity index is 575. The zero-order valence-corrected chi connectivity index (χ0v) is 12.3. The van der Waals surface area contributed by atoms with Crippen LogP contribution in [0, 0.1) is 6.92 Å². The Morgan fingerprint density at radius 2 is 2.00 bits per heavy atom. The summed E-state index contributed by atoms with van der Waals surface area (Å²) >= 11 is 0. The van der Waals surface area contributed by atoms with Crippen LogP contribution in [0.1, 0.15) is 31.6 Å². The first-order valence-corrected chi connectivity index (χ1v) is 7.21. The zero-order chi connectivity index (χ0) is 15.1. The molecule has 1 heterocycles. The molecular weight excluding hydrogens is 266 g/mol. The van der Waals surface area contributed by atoms with Crippen molar-refractivity contribution in [3.05, 3.63) is 36.4 Å². The normalized spacial score (nSPS) is 10.6. The molecule has 0 aliphatic rings. The van der Waals surface area contributed by atoms with Gasteiger partial charge >= 0.3 is 0 Å². The van der Waals surface area contributed by atoms with E-state index in [0.29, 0.717) is 18.9 Å². The van der Waals surface area contributed by atoms with Crippen LogP contribution in [0.4, 0.5) is 5.69 Å². The van der Waals surface area contributed by atoms with Crippen LogP contribution in [-0.4, -0.2) is 17.4 Å². The van der Waals surface area contributed by atoms with Crippen molar-refractivity contribution in [1.82, 2.24) is 4.98 Å². The lowest BCUT2D eigenvalue weighted by molar-refractivity contribution is -0.116. The van der Waals surface area contributed by atoms with E-state index >= 15 is 0 Å². The molecule has 1 aromatic carbocycles. The molecule has 3 N–H and O–H groups in total. The van der Waals surface area contributed by atoms with Gasteiger partial charge in [-0.05, 0) is 31.5 Å². The standard InChI is InChI=1S/C16H21N3O2/c1-12-18-15(11-21-12)13-6-8-14(9-7-13)19-16(20)5-3-2-4-10-17/h6-9,11H,2-5,10,17H2,1H3,(H,19,20). The number of oxazole rings is 1. The number of carbonyl (C=O) groups is 1. The Balaban J connectivity index is 1.86. The molecule has 1 amide bonds. The smallest absolute Gasteiger partial charge is 0.224 e. The largest absolute Gasteiger partial charge is 0.449 e. The molecule has 112 valence electrons. The van der Waals surface area contributed by atoms with Crippen molar-refractivity contribution in [3.63, 3.8) is 0 Å². The SMILES string of the molecule is Cc1nc(-c2ccc(NC(=O)CCCCCN)cc2)co1. The molecule has 5 nitrogen and oxygen atoms in total. The molecule has 0 radical (unpaired) electrons. The molecule has 0 unspecified atom stereocenters. The fourth-order valence-electron chi connectivity index (χ4n) is 2.05. The van der Waals surface area contributed by atoms with Gasteiger partial charge in [-0.25, -0.2) is 4.98 Å². The highest BCUT2D eigenvalue weighted by Gasteiger charge is 2.05. The van der Waals surface area contributed by atoms with E-state index in [1.807, 2.05) is 31.2 Å². The molecule has 0 atom stereocenters. The third kappa shape index (κ3) is 4.72. The van der Waals surface area contributed by atoms with Gasteiger partial charge in [0.1, 0.15) is 12.0 Å². The maximum absolute atomic E-state index is 11.8. The Morgan fingerprint density at radius 1 is 1.24 bits per heavy atom. The minimum absolute atomic E-state index is 0.0389. The fraction of sp³-hybridized carbons (Fsp3) is 0.375. The van der Waals surface area contributed by atoms with Crippen molar-refractivity contribution in [3.8, 4) is 11.3 Å². The molecule has 0 saturated heterocycles. The predicted octanol–water partition coefficient (Wildman–Crippen LogP) is 3.11. The van der Waals surface area contributed by atoms with E-state index < -0.39 is 0 Å². The van der Waals surface area contributed by atoms with E-state index in [9.17, 15) is 4.79 Å². The number of aryl methyl sites for hydroxylation is 1. The third-order valence-corrected chi connectivity index (χ3v) is 3.19. The van der Waals surface area contributed by atoms with Crippen molar-refractivity contribution in [1.29, 1.82) is 0 Å². The molecule has 0 bridgehead atoms. The molecule has 0 saturated carbocycles. The first-order chi connectivity index (χ1) is 10.2. The summed E-state index contributed by atoms with van der Waals surface area (Å²) in [6, 6.07) is 7.58.